The van der Waals surface area contributed by atoms with Crippen molar-refractivity contribution in [2.75, 3.05) is 13.1 Å². The van der Waals surface area contributed by atoms with Gasteiger partial charge in [0.1, 0.15) is 11.9 Å². The van der Waals surface area contributed by atoms with Crippen molar-refractivity contribution < 1.29 is 14.2 Å². The van der Waals surface area contributed by atoms with E-state index in [1.165, 1.54) is 18.4 Å². The van der Waals surface area contributed by atoms with Crippen molar-refractivity contribution in [1.29, 1.82) is 5.41 Å². The average molecular weight is 518 g/mol. The molecular formula is C27H36ClN3O3S. The SMILES string of the molecule is C/C=N\C(OC1CCN(C(OC(C)C)=C2CC2)CC1)=C(\C)C(=N)Oc1ccc(SC2CC2)cc1Cl. The molecule has 1 aromatic carbocycles. The third kappa shape index (κ3) is 7.43. The minimum absolute atomic E-state index is 0.0152. The fourth-order valence-electron chi connectivity index (χ4n) is 3.85. The van der Waals surface area contributed by atoms with Crippen LogP contribution in [0.4, 0.5) is 0 Å². The molecule has 0 bridgehead atoms. The molecule has 6 nitrogen and oxygen atoms in total. The largest absolute Gasteiger partial charge is 0.476 e. The molecule has 0 spiro atoms. The molecule has 35 heavy (non-hydrogen) atoms. The third-order valence-electron chi connectivity index (χ3n) is 6.01. The van der Waals surface area contributed by atoms with Crippen molar-refractivity contribution >= 4 is 35.5 Å². The Balaban J connectivity index is 1.36. The van der Waals surface area contributed by atoms with Crippen LogP contribution in [-0.4, -0.2) is 47.6 Å². The molecule has 0 unspecified atom stereocenters. The molecule has 0 aromatic heterocycles. The van der Waals surface area contributed by atoms with Crippen molar-refractivity contribution in [2.45, 2.75) is 88.6 Å². The summed E-state index contributed by atoms with van der Waals surface area (Å²) in [7, 11) is 0. The summed E-state index contributed by atoms with van der Waals surface area (Å²) in [6, 6.07) is 5.75. The van der Waals surface area contributed by atoms with E-state index in [0.717, 1.165) is 49.6 Å². The first-order valence-electron chi connectivity index (χ1n) is 12.6. The number of hydrogen-bond donors (Lipinski definition) is 1. The normalized spacial score (nSPS) is 19.1. The van der Waals surface area contributed by atoms with Crippen molar-refractivity contribution in [3.05, 3.63) is 46.1 Å². The first-order valence-corrected chi connectivity index (χ1v) is 13.8. The molecule has 3 aliphatic rings. The number of ether oxygens (including phenoxy) is 3. The average Bonchev–Trinajstić information content (AvgIpc) is 3.74. The van der Waals surface area contributed by atoms with Crippen LogP contribution in [0.2, 0.25) is 5.02 Å². The van der Waals surface area contributed by atoms with Crippen molar-refractivity contribution in [1.82, 2.24) is 4.90 Å². The topological polar surface area (TPSA) is 67.1 Å². The maximum Gasteiger partial charge on any atom is 0.221 e. The molecule has 0 radical (unpaired) electrons. The molecule has 1 heterocycles. The second kappa shape index (κ2) is 11.7. The van der Waals surface area contributed by atoms with Gasteiger partial charge >= 0.3 is 0 Å². The molecule has 2 aliphatic carbocycles. The van der Waals surface area contributed by atoms with E-state index in [1.54, 1.807) is 13.1 Å². The number of nitrogens with zero attached hydrogens (tertiary/aromatic N) is 2. The van der Waals surface area contributed by atoms with Crippen LogP contribution in [0, 0.1) is 5.41 Å². The first-order chi connectivity index (χ1) is 16.8. The fraction of sp³-hybridized carbons (Fsp3) is 0.556. The Kier molecular flexibility index (Phi) is 8.71. The molecule has 190 valence electrons. The second-order valence-corrected chi connectivity index (χ2v) is 11.3. The van der Waals surface area contributed by atoms with Gasteiger partial charge in [0.25, 0.3) is 0 Å². The molecule has 8 heteroatoms. The minimum atomic E-state index is -0.0152. The summed E-state index contributed by atoms with van der Waals surface area (Å²) < 4.78 is 18.2. The second-order valence-electron chi connectivity index (χ2n) is 9.54. The van der Waals surface area contributed by atoms with Gasteiger partial charge in [0.15, 0.2) is 5.88 Å². The number of hydrogen-bond acceptors (Lipinski definition) is 7. The first kappa shape index (κ1) is 26.0. The van der Waals surface area contributed by atoms with Crippen LogP contribution in [0.15, 0.2) is 51.0 Å². The van der Waals surface area contributed by atoms with Crippen LogP contribution in [0.3, 0.4) is 0 Å². The molecule has 1 aromatic rings. The summed E-state index contributed by atoms with van der Waals surface area (Å²) in [5.74, 6) is 1.95. The Hall–Kier alpha value is -2.12. The van der Waals surface area contributed by atoms with Crippen molar-refractivity contribution in [3.63, 3.8) is 0 Å². The molecular weight excluding hydrogens is 482 g/mol. The summed E-state index contributed by atoms with van der Waals surface area (Å²) in [5.41, 5.74) is 1.97. The number of thioether (sulfide) groups is 1. The number of rotatable bonds is 10. The zero-order chi connectivity index (χ0) is 24.9. The smallest absolute Gasteiger partial charge is 0.221 e. The molecule has 1 saturated heterocycles. The summed E-state index contributed by atoms with van der Waals surface area (Å²) in [6.45, 7) is 9.56. The molecule has 3 fully saturated rings. The van der Waals surface area contributed by atoms with Gasteiger partial charge in [-0.1, -0.05) is 11.6 Å². The highest BCUT2D eigenvalue weighted by Gasteiger charge is 2.29. The molecule has 0 amide bonds. The quantitative estimate of drug-likeness (QED) is 0.202. The van der Waals surface area contributed by atoms with E-state index >= 15 is 0 Å². The Morgan fingerprint density at radius 3 is 2.49 bits per heavy atom. The number of piperidine rings is 1. The summed E-state index contributed by atoms with van der Waals surface area (Å²) >= 11 is 8.29. The number of benzene rings is 1. The molecule has 4 rings (SSSR count). The van der Waals surface area contributed by atoms with Gasteiger partial charge in [-0.3, -0.25) is 5.41 Å². The highest BCUT2D eigenvalue weighted by atomic mass is 35.5. The molecule has 1 aliphatic heterocycles. The third-order valence-corrected chi connectivity index (χ3v) is 7.63. The van der Waals surface area contributed by atoms with Crippen LogP contribution in [0.1, 0.15) is 66.2 Å². The van der Waals surface area contributed by atoms with Crippen LogP contribution in [0.25, 0.3) is 0 Å². The van der Waals surface area contributed by atoms with Crippen molar-refractivity contribution in [3.8, 4) is 5.75 Å². The number of nitrogens with one attached hydrogen (secondary N) is 1. The Morgan fingerprint density at radius 2 is 1.91 bits per heavy atom. The number of likely N-dealkylation sites (tertiary alicyclic amines) is 1. The number of aliphatic imine (C=N–C) groups is 1. The van der Waals surface area contributed by atoms with E-state index in [-0.39, 0.29) is 18.1 Å². The molecule has 2 saturated carbocycles. The van der Waals surface area contributed by atoms with Gasteiger partial charge < -0.3 is 19.1 Å². The predicted molar refractivity (Wildman–Crippen MR) is 144 cm³/mol. The van der Waals surface area contributed by atoms with E-state index in [2.05, 4.69) is 23.7 Å². The van der Waals surface area contributed by atoms with Crippen LogP contribution in [0.5, 0.6) is 5.75 Å². The van der Waals surface area contributed by atoms with Crippen molar-refractivity contribution in [2.24, 2.45) is 4.99 Å². The van der Waals surface area contributed by atoms with Crippen LogP contribution >= 0.6 is 23.4 Å². The van der Waals surface area contributed by atoms with Gasteiger partial charge in [-0.15, -0.1) is 11.8 Å². The van der Waals surface area contributed by atoms with Crippen LogP contribution < -0.4 is 4.74 Å². The van der Waals surface area contributed by atoms with Gasteiger partial charge in [-0.25, -0.2) is 4.99 Å². The number of halogens is 1. The fourth-order valence-corrected chi connectivity index (χ4v) is 5.22. The molecule has 0 atom stereocenters. The lowest BCUT2D eigenvalue weighted by atomic mass is 10.1. The lowest BCUT2D eigenvalue weighted by Crippen LogP contribution is -2.37. The van der Waals surface area contributed by atoms with Gasteiger partial charge in [0.2, 0.25) is 11.8 Å². The van der Waals surface area contributed by atoms with Gasteiger partial charge in [0.05, 0.1) is 16.7 Å². The molecule has 1 N–H and O–H groups in total. The highest BCUT2D eigenvalue weighted by Crippen LogP contribution is 2.41. The Bertz CT molecular complexity index is 1020. The zero-order valence-electron chi connectivity index (χ0n) is 21.1. The van der Waals surface area contributed by atoms with Gasteiger partial charge in [-0.05, 0) is 77.2 Å². The standard InChI is InChI=1S/C27H36ClN3O3S/c1-5-30-26(33-20-12-14-31(15-13-20)27(19-6-7-19)32-17(2)3)18(4)25(29)34-24-11-10-22(16-23(24)28)35-21-8-9-21/h5,10-11,16-17,20-21,29H,6-9,12-15H2,1-4H3/b26-18+,29-25?,30-5-. The summed E-state index contributed by atoms with van der Waals surface area (Å²) in [6.07, 6.45) is 8.44. The van der Waals surface area contributed by atoms with Gasteiger partial charge in [0, 0.05) is 42.3 Å². The summed E-state index contributed by atoms with van der Waals surface area (Å²) in [4.78, 5) is 7.90. The predicted octanol–water partition coefficient (Wildman–Crippen LogP) is 7.18. The Labute approximate surface area is 218 Å². The van der Waals surface area contributed by atoms with E-state index in [9.17, 15) is 0 Å². The van der Waals surface area contributed by atoms with E-state index in [1.807, 2.05) is 36.9 Å². The number of allylic oxidation sites excluding steroid dienone is 1. The van der Waals surface area contributed by atoms with E-state index in [4.69, 9.17) is 31.2 Å². The zero-order valence-corrected chi connectivity index (χ0v) is 22.7. The monoisotopic (exact) mass is 517 g/mol. The Morgan fingerprint density at radius 1 is 1.20 bits per heavy atom. The minimum Gasteiger partial charge on any atom is -0.476 e. The van der Waals surface area contributed by atoms with Gasteiger partial charge in [-0.2, -0.15) is 0 Å². The lowest BCUT2D eigenvalue weighted by molar-refractivity contribution is 0.0162. The lowest BCUT2D eigenvalue weighted by Gasteiger charge is -2.35. The maximum atomic E-state index is 8.51. The van der Waals surface area contributed by atoms with E-state index < -0.39 is 0 Å². The maximum absolute atomic E-state index is 8.51. The van der Waals surface area contributed by atoms with Crippen LogP contribution in [-0.2, 0) is 9.47 Å². The van der Waals surface area contributed by atoms with E-state index in [0.29, 0.717) is 27.5 Å². The summed E-state index contributed by atoms with van der Waals surface area (Å²) in [5, 5.41) is 9.72. The highest BCUT2D eigenvalue weighted by molar-refractivity contribution is 8.00.